The summed E-state index contributed by atoms with van der Waals surface area (Å²) in [6.45, 7) is 0.906. The molecule has 7 heteroatoms. The van der Waals surface area contributed by atoms with Crippen LogP contribution in [0, 0.1) is 5.82 Å². The Bertz CT molecular complexity index is 816. The van der Waals surface area contributed by atoms with Gasteiger partial charge in [0.15, 0.2) is 0 Å². The van der Waals surface area contributed by atoms with E-state index in [0.717, 1.165) is 0 Å². The van der Waals surface area contributed by atoms with Crippen molar-refractivity contribution in [2.45, 2.75) is 18.9 Å². The molecule has 0 unspecified atom stereocenters. The van der Waals surface area contributed by atoms with Gasteiger partial charge in [-0.3, -0.25) is 9.59 Å². The van der Waals surface area contributed by atoms with Crippen LogP contribution in [0.3, 0.4) is 0 Å². The summed E-state index contributed by atoms with van der Waals surface area (Å²) >= 11 is 11.8. The number of nitrogens with one attached hydrogen (secondary N) is 1. The first-order chi connectivity index (χ1) is 12.4. The molecule has 0 radical (unpaired) electrons. The molecule has 1 aliphatic rings. The summed E-state index contributed by atoms with van der Waals surface area (Å²) in [5, 5.41) is 3.72. The summed E-state index contributed by atoms with van der Waals surface area (Å²) in [6, 6.07) is 10.6. The van der Waals surface area contributed by atoms with Crippen molar-refractivity contribution in [3.05, 3.63) is 69.5 Å². The Kier molecular flexibility index (Phi) is 5.79. The van der Waals surface area contributed by atoms with Gasteiger partial charge in [-0.2, -0.15) is 0 Å². The van der Waals surface area contributed by atoms with Crippen LogP contribution in [-0.2, 0) is 0 Å². The molecule has 0 aromatic heterocycles. The third-order valence-corrected chi connectivity index (χ3v) is 4.78. The SMILES string of the molecule is O=C(NC1CCN(C(=O)c2ccccc2F)CC1)c1cc(Cl)cc(Cl)c1. The van der Waals surface area contributed by atoms with Gasteiger partial charge < -0.3 is 10.2 Å². The quantitative estimate of drug-likeness (QED) is 0.848. The van der Waals surface area contributed by atoms with Gasteiger partial charge in [0.2, 0.25) is 0 Å². The maximum atomic E-state index is 13.8. The molecular weight excluding hydrogens is 378 g/mol. The molecule has 2 aromatic rings. The van der Waals surface area contributed by atoms with Gasteiger partial charge in [-0.05, 0) is 43.2 Å². The van der Waals surface area contributed by atoms with Crippen LogP contribution in [-0.4, -0.2) is 35.8 Å². The Hall–Kier alpha value is -2.11. The van der Waals surface area contributed by atoms with Gasteiger partial charge in [0.05, 0.1) is 5.56 Å². The first kappa shape index (κ1) is 18.7. The van der Waals surface area contributed by atoms with E-state index >= 15 is 0 Å². The number of hydrogen-bond acceptors (Lipinski definition) is 2. The summed E-state index contributed by atoms with van der Waals surface area (Å²) in [4.78, 5) is 26.4. The lowest BCUT2D eigenvalue weighted by Crippen LogP contribution is -2.46. The summed E-state index contributed by atoms with van der Waals surface area (Å²) < 4.78 is 13.8. The van der Waals surface area contributed by atoms with Gasteiger partial charge >= 0.3 is 0 Å². The Balaban J connectivity index is 1.58. The van der Waals surface area contributed by atoms with E-state index in [0.29, 0.717) is 41.5 Å². The molecule has 136 valence electrons. The molecule has 0 spiro atoms. The zero-order valence-electron chi connectivity index (χ0n) is 13.8. The van der Waals surface area contributed by atoms with Crippen molar-refractivity contribution in [1.29, 1.82) is 0 Å². The topological polar surface area (TPSA) is 49.4 Å². The molecule has 1 fully saturated rings. The van der Waals surface area contributed by atoms with Crippen molar-refractivity contribution in [3.63, 3.8) is 0 Å². The van der Waals surface area contributed by atoms with Crippen molar-refractivity contribution in [1.82, 2.24) is 10.2 Å². The molecule has 1 saturated heterocycles. The third-order valence-electron chi connectivity index (χ3n) is 4.35. The van der Waals surface area contributed by atoms with Crippen LogP contribution < -0.4 is 5.32 Å². The Morgan fingerprint density at radius 3 is 2.27 bits per heavy atom. The van der Waals surface area contributed by atoms with Gasteiger partial charge in [0, 0.05) is 34.7 Å². The molecule has 0 saturated carbocycles. The average Bonchev–Trinajstić information content (AvgIpc) is 2.61. The van der Waals surface area contributed by atoms with E-state index in [-0.39, 0.29) is 23.4 Å². The second-order valence-corrected chi connectivity index (χ2v) is 7.05. The highest BCUT2D eigenvalue weighted by Gasteiger charge is 2.26. The molecule has 0 aliphatic carbocycles. The van der Waals surface area contributed by atoms with E-state index in [9.17, 15) is 14.0 Å². The second kappa shape index (κ2) is 8.06. The fourth-order valence-corrected chi connectivity index (χ4v) is 3.51. The molecule has 4 nitrogen and oxygen atoms in total. The molecule has 1 N–H and O–H groups in total. The standard InChI is InChI=1S/C19H17Cl2FN2O2/c20-13-9-12(10-14(21)11-13)18(25)23-15-5-7-24(8-6-15)19(26)16-3-1-2-4-17(16)22/h1-4,9-11,15H,5-8H2,(H,23,25). The maximum absolute atomic E-state index is 13.8. The van der Waals surface area contributed by atoms with Crippen molar-refractivity contribution < 1.29 is 14.0 Å². The van der Waals surface area contributed by atoms with E-state index in [1.165, 1.54) is 12.1 Å². The fraction of sp³-hybridized carbons (Fsp3) is 0.263. The van der Waals surface area contributed by atoms with Crippen molar-refractivity contribution in [2.24, 2.45) is 0 Å². The lowest BCUT2D eigenvalue weighted by Gasteiger charge is -2.32. The minimum Gasteiger partial charge on any atom is -0.349 e. The first-order valence-electron chi connectivity index (χ1n) is 8.25. The molecule has 1 heterocycles. The van der Waals surface area contributed by atoms with Gasteiger partial charge in [0.25, 0.3) is 11.8 Å². The Morgan fingerprint density at radius 1 is 1.04 bits per heavy atom. The van der Waals surface area contributed by atoms with Crippen LogP contribution in [0.15, 0.2) is 42.5 Å². The number of nitrogens with zero attached hydrogens (tertiary/aromatic N) is 1. The number of amides is 2. The number of benzene rings is 2. The fourth-order valence-electron chi connectivity index (χ4n) is 2.99. The lowest BCUT2D eigenvalue weighted by molar-refractivity contribution is 0.0693. The van der Waals surface area contributed by atoms with E-state index < -0.39 is 5.82 Å². The van der Waals surface area contributed by atoms with Gasteiger partial charge in [-0.25, -0.2) is 4.39 Å². The molecule has 1 aliphatic heterocycles. The summed E-state index contributed by atoms with van der Waals surface area (Å²) in [5.74, 6) is -1.10. The summed E-state index contributed by atoms with van der Waals surface area (Å²) in [7, 11) is 0. The highest BCUT2D eigenvalue weighted by Crippen LogP contribution is 2.20. The third kappa shape index (κ3) is 4.34. The van der Waals surface area contributed by atoms with Crippen molar-refractivity contribution in [2.75, 3.05) is 13.1 Å². The zero-order chi connectivity index (χ0) is 18.7. The number of piperidine rings is 1. The summed E-state index contributed by atoms with van der Waals surface area (Å²) in [5.41, 5.74) is 0.468. The molecule has 2 aromatic carbocycles. The van der Waals surface area contributed by atoms with Crippen LogP contribution in [0.25, 0.3) is 0 Å². The maximum Gasteiger partial charge on any atom is 0.256 e. The normalized spacial score (nSPS) is 15.0. The first-order valence-corrected chi connectivity index (χ1v) is 9.00. The number of halogens is 3. The number of carbonyl (C=O) groups is 2. The monoisotopic (exact) mass is 394 g/mol. The highest BCUT2D eigenvalue weighted by molar-refractivity contribution is 6.35. The van der Waals surface area contributed by atoms with Crippen LogP contribution in [0.5, 0.6) is 0 Å². The highest BCUT2D eigenvalue weighted by atomic mass is 35.5. The molecule has 0 bridgehead atoms. The largest absolute Gasteiger partial charge is 0.349 e. The van der Waals surface area contributed by atoms with Crippen LogP contribution in [0.1, 0.15) is 33.6 Å². The van der Waals surface area contributed by atoms with Crippen LogP contribution in [0.4, 0.5) is 4.39 Å². The predicted octanol–water partition coefficient (Wildman–Crippen LogP) is 4.17. The van der Waals surface area contributed by atoms with Crippen molar-refractivity contribution >= 4 is 35.0 Å². The number of likely N-dealkylation sites (tertiary alicyclic amines) is 1. The van der Waals surface area contributed by atoms with E-state index in [1.807, 2.05) is 0 Å². The molecule has 0 atom stereocenters. The molecule has 2 amide bonds. The number of hydrogen-bond donors (Lipinski definition) is 1. The second-order valence-electron chi connectivity index (χ2n) is 6.18. The van der Waals surface area contributed by atoms with E-state index in [2.05, 4.69) is 5.32 Å². The predicted molar refractivity (Wildman–Crippen MR) is 99.3 cm³/mol. The van der Waals surface area contributed by atoms with Gasteiger partial charge in [-0.15, -0.1) is 0 Å². The van der Waals surface area contributed by atoms with Gasteiger partial charge in [-0.1, -0.05) is 35.3 Å². The number of rotatable bonds is 3. The average molecular weight is 395 g/mol. The van der Waals surface area contributed by atoms with E-state index in [1.54, 1.807) is 35.2 Å². The van der Waals surface area contributed by atoms with Gasteiger partial charge in [0.1, 0.15) is 5.82 Å². The van der Waals surface area contributed by atoms with Crippen molar-refractivity contribution in [3.8, 4) is 0 Å². The molecular formula is C19H17Cl2FN2O2. The summed E-state index contributed by atoms with van der Waals surface area (Å²) in [6.07, 6.45) is 1.19. The number of carbonyl (C=O) groups excluding carboxylic acids is 2. The smallest absolute Gasteiger partial charge is 0.256 e. The molecule has 26 heavy (non-hydrogen) atoms. The van der Waals surface area contributed by atoms with Crippen LogP contribution >= 0.6 is 23.2 Å². The zero-order valence-corrected chi connectivity index (χ0v) is 15.4. The van der Waals surface area contributed by atoms with E-state index in [4.69, 9.17) is 23.2 Å². The minimum absolute atomic E-state index is 0.0649. The molecule has 3 rings (SSSR count). The lowest BCUT2D eigenvalue weighted by atomic mass is 10.0. The Labute approximate surface area is 160 Å². The minimum atomic E-state index is -0.522. The van der Waals surface area contributed by atoms with Crippen LogP contribution in [0.2, 0.25) is 10.0 Å². The Morgan fingerprint density at radius 2 is 1.65 bits per heavy atom.